The number of methoxy groups -OCH3 is 1. The SMILES string of the molecule is COc1ccc(Oc2cc(C(=O)N(C)C)cc(-c3ccc(C4=N[C@H](C)CO4)[nH]3)c2)cc1. The maximum Gasteiger partial charge on any atom is 0.253 e. The zero-order chi connectivity index (χ0) is 22.0. The summed E-state index contributed by atoms with van der Waals surface area (Å²) >= 11 is 0. The molecule has 0 radical (unpaired) electrons. The summed E-state index contributed by atoms with van der Waals surface area (Å²) in [6.45, 7) is 2.59. The second-order valence-electron chi connectivity index (χ2n) is 7.60. The van der Waals surface area contributed by atoms with Crippen LogP contribution in [-0.4, -0.2) is 55.5 Å². The van der Waals surface area contributed by atoms with Crippen LogP contribution in [0.4, 0.5) is 0 Å². The van der Waals surface area contributed by atoms with Crippen LogP contribution < -0.4 is 9.47 Å². The molecule has 0 unspecified atom stereocenters. The lowest BCUT2D eigenvalue weighted by Crippen LogP contribution is -2.21. The molecule has 7 heteroatoms. The van der Waals surface area contributed by atoms with Gasteiger partial charge in [-0.15, -0.1) is 0 Å². The van der Waals surface area contributed by atoms with Gasteiger partial charge in [0.1, 0.15) is 29.5 Å². The first-order valence-corrected chi connectivity index (χ1v) is 10.0. The van der Waals surface area contributed by atoms with Gasteiger partial charge >= 0.3 is 0 Å². The minimum absolute atomic E-state index is 0.106. The van der Waals surface area contributed by atoms with Gasteiger partial charge in [-0.05, 0) is 61.5 Å². The third-order valence-electron chi connectivity index (χ3n) is 4.88. The summed E-state index contributed by atoms with van der Waals surface area (Å²) in [6.07, 6.45) is 0. The van der Waals surface area contributed by atoms with Gasteiger partial charge < -0.3 is 24.1 Å². The normalized spacial score (nSPS) is 15.2. The van der Waals surface area contributed by atoms with E-state index in [1.807, 2.05) is 55.5 Å². The minimum atomic E-state index is -0.106. The van der Waals surface area contributed by atoms with Crippen LogP contribution in [-0.2, 0) is 4.74 Å². The summed E-state index contributed by atoms with van der Waals surface area (Å²) < 4.78 is 16.9. The molecule has 1 atom stereocenters. The van der Waals surface area contributed by atoms with E-state index < -0.39 is 0 Å². The number of carbonyl (C=O) groups excluding carboxylic acids is 1. The van der Waals surface area contributed by atoms with Crippen LogP contribution in [0.3, 0.4) is 0 Å². The molecule has 160 valence electrons. The molecule has 1 amide bonds. The van der Waals surface area contributed by atoms with Crippen molar-refractivity contribution in [3.63, 3.8) is 0 Å². The highest BCUT2D eigenvalue weighted by molar-refractivity contribution is 5.96. The monoisotopic (exact) mass is 419 g/mol. The van der Waals surface area contributed by atoms with Gasteiger partial charge in [0.05, 0.1) is 13.2 Å². The van der Waals surface area contributed by atoms with Crippen LogP contribution in [0.25, 0.3) is 11.3 Å². The van der Waals surface area contributed by atoms with Crippen molar-refractivity contribution in [3.8, 4) is 28.5 Å². The Bertz CT molecular complexity index is 1120. The maximum atomic E-state index is 12.7. The first kappa shape index (κ1) is 20.5. The molecule has 1 aromatic heterocycles. The van der Waals surface area contributed by atoms with Crippen molar-refractivity contribution < 1.29 is 19.0 Å². The van der Waals surface area contributed by atoms with Crippen LogP contribution >= 0.6 is 0 Å². The number of carbonyl (C=O) groups is 1. The van der Waals surface area contributed by atoms with E-state index >= 15 is 0 Å². The molecule has 2 heterocycles. The van der Waals surface area contributed by atoms with Crippen molar-refractivity contribution in [2.75, 3.05) is 27.8 Å². The lowest BCUT2D eigenvalue weighted by atomic mass is 10.1. The number of nitrogens with zero attached hydrogens (tertiary/aromatic N) is 2. The van der Waals surface area contributed by atoms with Crippen molar-refractivity contribution in [3.05, 3.63) is 65.9 Å². The lowest BCUT2D eigenvalue weighted by molar-refractivity contribution is 0.0827. The summed E-state index contributed by atoms with van der Waals surface area (Å²) in [7, 11) is 5.07. The Hall–Kier alpha value is -3.74. The average molecular weight is 419 g/mol. The predicted octanol–water partition coefficient (Wildman–Crippen LogP) is 4.35. The quantitative estimate of drug-likeness (QED) is 0.645. The van der Waals surface area contributed by atoms with Gasteiger partial charge in [0.2, 0.25) is 5.90 Å². The number of benzene rings is 2. The standard InChI is InChI=1S/C24H25N3O4/c1-15-14-30-23(25-15)22-10-9-21(26-22)16-11-17(24(28)27(2)3)13-20(12-16)31-19-7-5-18(29-4)6-8-19/h5-13,15,26H,14H2,1-4H3/t15-/m1/s1. The molecule has 0 bridgehead atoms. The smallest absolute Gasteiger partial charge is 0.253 e. The van der Waals surface area contributed by atoms with Crippen LogP contribution in [0.2, 0.25) is 0 Å². The second-order valence-corrected chi connectivity index (χ2v) is 7.60. The van der Waals surface area contributed by atoms with Crippen LogP contribution in [0.1, 0.15) is 23.0 Å². The fraction of sp³-hybridized carbons (Fsp3) is 0.250. The van der Waals surface area contributed by atoms with Gasteiger partial charge in [-0.1, -0.05) is 0 Å². The molecule has 0 saturated carbocycles. The Balaban J connectivity index is 1.69. The van der Waals surface area contributed by atoms with E-state index in [1.165, 1.54) is 0 Å². The highest BCUT2D eigenvalue weighted by Crippen LogP contribution is 2.30. The fourth-order valence-corrected chi connectivity index (χ4v) is 3.28. The van der Waals surface area contributed by atoms with E-state index in [0.717, 1.165) is 22.7 Å². The number of hydrogen-bond acceptors (Lipinski definition) is 5. The molecule has 2 aromatic carbocycles. The van der Waals surface area contributed by atoms with Crippen molar-refractivity contribution in [2.24, 2.45) is 4.99 Å². The van der Waals surface area contributed by atoms with E-state index in [1.54, 1.807) is 32.2 Å². The van der Waals surface area contributed by atoms with Crippen LogP contribution in [0.15, 0.2) is 59.6 Å². The number of rotatable bonds is 6. The number of ether oxygens (including phenoxy) is 3. The van der Waals surface area contributed by atoms with Crippen LogP contribution in [0, 0.1) is 0 Å². The topological polar surface area (TPSA) is 76.2 Å². The first-order chi connectivity index (χ1) is 14.9. The van der Waals surface area contributed by atoms with E-state index in [2.05, 4.69) is 9.98 Å². The van der Waals surface area contributed by atoms with Gasteiger partial charge in [-0.3, -0.25) is 4.79 Å². The molecule has 1 aliphatic rings. The van der Waals surface area contributed by atoms with Crippen LogP contribution in [0.5, 0.6) is 17.2 Å². The van der Waals surface area contributed by atoms with Crippen molar-refractivity contribution in [2.45, 2.75) is 13.0 Å². The molecule has 0 spiro atoms. The zero-order valence-electron chi connectivity index (χ0n) is 18.0. The third kappa shape index (κ3) is 4.55. The Morgan fingerprint density at radius 3 is 2.39 bits per heavy atom. The molecule has 31 heavy (non-hydrogen) atoms. The Kier molecular flexibility index (Phi) is 5.66. The van der Waals surface area contributed by atoms with Gasteiger partial charge in [0, 0.05) is 30.9 Å². The second kappa shape index (κ2) is 8.55. The van der Waals surface area contributed by atoms with Gasteiger partial charge in [0.25, 0.3) is 5.91 Å². The lowest BCUT2D eigenvalue weighted by Gasteiger charge is -2.14. The number of amides is 1. The highest BCUT2D eigenvalue weighted by Gasteiger charge is 2.19. The molecule has 1 aliphatic heterocycles. The van der Waals surface area contributed by atoms with E-state index in [-0.39, 0.29) is 11.9 Å². The average Bonchev–Trinajstić information content (AvgIpc) is 3.42. The minimum Gasteiger partial charge on any atom is -0.497 e. The van der Waals surface area contributed by atoms with Crippen molar-refractivity contribution >= 4 is 11.8 Å². The van der Waals surface area contributed by atoms with E-state index in [4.69, 9.17) is 14.2 Å². The molecular formula is C24H25N3O4. The van der Waals surface area contributed by atoms with Gasteiger partial charge in [-0.25, -0.2) is 4.99 Å². The number of aliphatic imine (C=N–C) groups is 1. The number of nitrogens with one attached hydrogen (secondary N) is 1. The Morgan fingerprint density at radius 1 is 1.03 bits per heavy atom. The molecular weight excluding hydrogens is 394 g/mol. The third-order valence-corrected chi connectivity index (χ3v) is 4.88. The van der Waals surface area contributed by atoms with Gasteiger partial charge in [0.15, 0.2) is 0 Å². The zero-order valence-corrected chi connectivity index (χ0v) is 18.0. The van der Waals surface area contributed by atoms with Crippen molar-refractivity contribution in [1.29, 1.82) is 0 Å². The number of aromatic nitrogens is 1. The highest BCUT2D eigenvalue weighted by atomic mass is 16.5. The summed E-state index contributed by atoms with van der Waals surface area (Å²) in [5.74, 6) is 2.46. The number of aromatic amines is 1. The molecule has 1 N–H and O–H groups in total. The maximum absolute atomic E-state index is 12.7. The van der Waals surface area contributed by atoms with Crippen molar-refractivity contribution in [1.82, 2.24) is 9.88 Å². The Labute approximate surface area is 181 Å². The fourth-order valence-electron chi connectivity index (χ4n) is 3.28. The summed E-state index contributed by atoms with van der Waals surface area (Å²) in [4.78, 5) is 22.0. The van der Waals surface area contributed by atoms with Gasteiger partial charge in [-0.2, -0.15) is 0 Å². The number of H-pyrrole nitrogens is 1. The molecule has 0 fully saturated rings. The summed E-state index contributed by atoms with van der Waals surface area (Å²) in [6, 6.07) is 16.8. The largest absolute Gasteiger partial charge is 0.497 e. The number of hydrogen-bond donors (Lipinski definition) is 1. The Morgan fingerprint density at radius 2 is 1.74 bits per heavy atom. The summed E-state index contributed by atoms with van der Waals surface area (Å²) in [5, 5.41) is 0. The molecule has 0 aliphatic carbocycles. The molecule has 3 aromatic rings. The van der Waals surface area contributed by atoms with E-state index in [0.29, 0.717) is 29.6 Å². The first-order valence-electron chi connectivity index (χ1n) is 10.0. The van der Waals surface area contributed by atoms with E-state index in [9.17, 15) is 4.79 Å². The predicted molar refractivity (Wildman–Crippen MR) is 119 cm³/mol. The molecule has 4 rings (SSSR count). The molecule has 0 saturated heterocycles. The molecule has 7 nitrogen and oxygen atoms in total. The summed E-state index contributed by atoms with van der Waals surface area (Å²) in [5.41, 5.74) is 3.01.